The van der Waals surface area contributed by atoms with Crippen LogP contribution in [0.1, 0.15) is 26.3 Å². The number of nitrogens with one attached hydrogen (secondary N) is 2. The summed E-state index contributed by atoms with van der Waals surface area (Å²) in [6.45, 7) is -0.466. The Morgan fingerprint density at radius 1 is 1.00 bits per heavy atom. The van der Waals surface area contributed by atoms with Crippen LogP contribution in [-0.4, -0.2) is 29.4 Å². The number of benzene rings is 2. The molecule has 0 aromatic heterocycles. The maximum absolute atomic E-state index is 12.1. The summed E-state index contributed by atoms with van der Waals surface area (Å²) >= 11 is 0. The number of aliphatic carboxylic acids is 1. The van der Waals surface area contributed by atoms with E-state index in [1.165, 1.54) is 30.3 Å². The van der Waals surface area contributed by atoms with Crippen LogP contribution in [-0.2, 0) is 4.79 Å². The highest BCUT2D eigenvalue weighted by Gasteiger charge is 2.09. The number of hydrogen-bond donors (Lipinski definition) is 3. The summed E-state index contributed by atoms with van der Waals surface area (Å²) in [7, 11) is 0. The molecule has 2 aromatic rings. The maximum atomic E-state index is 12.1. The van der Waals surface area contributed by atoms with Crippen molar-refractivity contribution in [3.63, 3.8) is 0 Å². The molecule has 7 heteroatoms. The first-order chi connectivity index (χ1) is 11.5. The molecule has 0 atom stereocenters. The predicted molar refractivity (Wildman–Crippen MR) is 85.5 cm³/mol. The smallest absolute Gasteiger partial charge is 0.322 e. The predicted octanol–water partition coefficient (Wildman–Crippen LogP) is 1.62. The first-order valence-electron chi connectivity index (χ1n) is 6.91. The number of hydrogen-bond acceptors (Lipinski definition) is 4. The van der Waals surface area contributed by atoms with E-state index in [0.29, 0.717) is 16.8 Å². The van der Waals surface area contributed by atoms with Gasteiger partial charge in [-0.05, 0) is 42.5 Å². The maximum Gasteiger partial charge on any atom is 0.322 e. The van der Waals surface area contributed by atoms with Gasteiger partial charge in [0.2, 0.25) is 0 Å². The van der Waals surface area contributed by atoms with Gasteiger partial charge in [-0.2, -0.15) is 5.26 Å². The largest absolute Gasteiger partial charge is 0.480 e. The Balaban J connectivity index is 2.03. The van der Waals surface area contributed by atoms with Crippen LogP contribution >= 0.6 is 0 Å². The third-order valence-corrected chi connectivity index (χ3v) is 3.06. The van der Waals surface area contributed by atoms with E-state index < -0.39 is 18.4 Å². The molecule has 0 aliphatic heterocycles. The van der Waals surface area contributed by atoms with Gasteiger partial charge in [0, 0.05) is 16.8 Å². The van der Waals surface area contributed by atoms with Crippen molar-refractivity contribution in [2.75, 3.05) is 11.9 Å². The number of anilines is 1. The molecule has 120 valence electrons. The van der Waals surface area contributed by atoms with Gasteiger partial charge in [0.25, 0.3) is 11.8 Å². The summed E-state index contributed by atoms with van der Waals surface area (Å²) in [6.07, 6.45) is 0. The number of rotatable bonds is 5. The van der Waals surface area contributed by atoms with Crippen molar-refractivity contribution >= 4 is 23.5 Å². The zero-order valence-electron chi connectivity index (χ0n) is 12.4. The minimum Gasteiger partial charge on any atom is -0.480 e. The molecule has 0 radical (unpaired) electrons. The lowest BCUT2D eigenvalue weighted by molar-refractivity contribution is -0.135. The first kappa shape index (κ1) is 16.7. The van der Waals surface area contributed by atoms with Crippen LogP contribution < -0.4 is 10.6 Å². The lowest BCUT2D eigenvalue weighted by Gasteiger charge is -2.07. The lowest BCUT2D eigenvalue weighted by atomic mass is 10.1. The van der Waals surface area contributed by atoms with E-state index in [0.717, 1.165) is 0 Å². The van der Waals surface area contributed by atoms with Crippen LogP contribution in [0.3, 0.4) is 0 Å². The minimum absolute atomic E-state index is 0.278. The normalized spacial score (nSPS) is 9.62. The molecule has 2 amide bonds. The minimum atomic E-state index is -1.13. The number of carboxylic acid groups (broad SMARTS) is 1. The molecular weight excluding hydrogens is 310 g/mol. The van der Waals surface area contributed by atoms with Crippen molar-refractivity contribution in [2.24, 2.45) is 0 Å². The molecule has 7 nitrogen and oxygen atoms in total. The Labute approximate surface area is 137 Å². The second kappa shape index (κ2) is 7.56. The van der Waals surface area contributed by atoms with E-state index in [2.05, 4.69) is 10.6 Å². The summed E-state index contributed by atoms with van der Waals surface area (Å²) in [5, 5.41) is 22.2. The van der Waals surface area contributed by atoms with Crippen molar-refractivity contribution in [2.45, 2.75) is 0 Å². The molecular formula is C17H13N3O4. The van der Waals surface area contributed by atoms with E-state index in [4.69, 9.17) is 10.4 Å². The van der Waals surface area contributed by atoms with Crippen molar-refractivity contribution in [3.05, 3.63) is 65.2 Å². The third kappa shape index (κ3) is 4.42. The van der Waals surface area contributed by atoms with Gasteiger partial charge in [-0.1, -0.05) is 6.07 Å². The molecule has 0 saturated heterocycles. The summed E-state index contributed by atoms with van der Waals surface area (Å²) < 4.78 is 0. The van der Waals surface area contributed by atoms with Crippen LogP contribution in [0.5, 0.6) is 0 Å². The lowest BCUT2D eigenvalue weighted by Crippen LogP contribution is -2.29. The molecule has 0 bridgehead atoms. The molecule has 24 heavy (non-hydrogen) atoms. The molecule has 3 N–H and O–H groups in total. The number of nitrogens with zero attached hydrogens (tertiary/aromatic N) is 1. The topological polar surface area (TPSA) is 119 Å². The summed E-state index contributed by atoms with van der Waals surface area (Å²) in [6, 6.07) is 14.2. The highest BCUT2D eigenvalue weighted by molar-refractivity contribution is 6.04. The van der Waals surface area contributed by atoms with E-state index in [1.807, 2.05) is 6.07 Å². The number of carboxylic acids is 1. The second-order valence-corrected chi connectivity index (χ2v) is 4.80. The number of carbonyl (C=O) groups is 3. The fourth-order valence-corrected chi connectivity index (χ4v) is 1.90. The zero-order chi connectivity index (χ0) is 17.5. The molecule has 0 saturated carbocycles. The standard InChI is InChI=1S/C17H13N3O4/c18-9-11-2-1-3-13(8-11)17(24)20-14-6-4-12(5-7-14)16(23)19-10-15(21)22/h1-8H,10H2,(H,19,23)(H,20,24)(H,21,22). The van der Waals surface area contributed by atoms with Crippen molar-refractivity contribution in [1.29, 1.82) is 5.26 Å². The van der Waals surface area contributed by atoms with Gasteiger partial charge in [-0.15, -0.1) is 0 Å². The van der Waals surface area contributed by atoms with Crippen LogP contribution in [0.25, 0.3) is 0 Å². The molecule has 2 aromatic carbocycles. The number of nitriles is 1. The van der Waals surface area contributed by atoms with Crippen molar-refractivity contribution in [1.82, 2.24) is 5.32 Å². The monoisotopic (exact) mass is 323 g/mol. The van der Waals surface area contributed by atoms with Gasteiger partial charge in [0.1, 0.15) is 6.54 Å². The molecule has 0 unspecified atom stereocenters. The van der Waals surface area contributed by atoms with Gasteiger partial charge < -0.3 is 15.7 Å². The Hall–Kier alpha value is -3.66. The summed E-state index contributed by atoms with van der Waals surface area (Å²) in [4.78, 5) is 34.2. The third-order valence-electron chi connectivity index (χ3n) is 3.06. The Bertz CT molecular complexity index is 822. The second-order valence-electron chi connectivity index (χ2n) is 4.80. The average Bonchev–Trinajstić information content (AvgIpc) is 2.60. The van der Waals surface area contributed by atoms with Crippen LogP contribution in [0, 0.1) is 11.3 Å². The Morgan fingerprint density at radius 3 is 2.33 bits per heavy atom. The number of carbonyl (C=O) groups excluding carboxylic acids is 2. The van der Waals surface area contributed by atoms with Gasteiger partial charge in [0.15, 0.2) is 0 Å². The Morgan fingerprint density at radius 2 is 1.71 bits per heavy atom. The van der Waals surface area contributed by atoms with E-state index in [9.17, 15) is 14.4 Å². The fraction of sp³-hybridized carbons (Fsp3) is 0.0588. The molecule has 0 fully saturated rings. The van der Waals surface area contributed by atoms with E-state index in [1.54, 1.807) is 18.2 Å². The fourth-order valence-electron chi connectivity index (χ4n) is 1.90. The molecule has 2 rings (SSSR count). The van der Waals surface area contributed by atoms with Crippen molar-refractivity contribution < 1.29 is 19.5 Å². The van der Waals surface area contributed by atoms with Gasteiger partial charge in [-0.3, -0.25) is 14.4 Å². The Kier molecular flexibility index (Phi) is 5.26. The molecule has 0 aliphatic carbocycles. The van der Waals surface area contributed by atoms with Gasteiger partial charge in [0.05, 0.1) is 11.6 Å². The average molecular weight is 323 g/mol. The molecule has 0 aliphatic rings. The molecule has 0 spiro atoms. The quantitative estimate of drug-likeness (QED) is 0.772. The summed E-state index contributed by atoms with van der Waals surface area (Å²) in [5.41, 5.74) is 1.48. The van der Waals surface area contributed by atoms with Crippen LogP contribution in [0.2, 0.25) is 0 Å². The van der Waals surface area contributed by atoms with Crippen LogP contribution in [0.4, 0.5) is 5.69 Å². The highest BCUT2D eigenvalue weighted by Crippen LogP contribution is 2.12. The van der Waals surface area contributed by atoms with Crippen molar-refractivity contribution in [3.8, 4) is 6.07 Å². The zero-order valence-corrected chi connectivity index (χ0v) is 12.4. The summed E-state index contributed by atoms with van der Waals surface area (Å²) in [5.74, 6) is -2.03. The van der Waals surface area contributed by atoms with Gasteiger partial charge in [-0.25, -0.2) is 0 Å². The van der Waals surface area contributed by atoms with E-state index in [-0.39, 0.29) is 11.5 Å². The van der Waals surface area contributed by atoms with E-state index >= 15 is 0 Å². The highest BCUT2D eigenvalue weighted by atomic mass is 16.4. The SMILES string of the molecule is N#Cc1cccc(C(=O)Nc2ccc(C(=O)NCC(=O)O)cc2)c1. The van der Waals surface area contributed by atoms with Gasteiger partial charge >= 0.3 is 5.97 Å². The van der Waals surface area contributed by atoms with Crippen LogP contribution in [0.15, 0.2) is 48.5 Å². The first-order valence-corrected chi connectivity index (χ1v) is 6.91. The molecule has 0 heterocycles. The number of amides is 2.